The van der Waals surface area contributed by atoms with E-state index in [1.807, 2.05) is 42.8 Å². The van der Waals surface area contributed by atoms with Gasteiger partial charge in [0.25, 0.3) is 0 Å². The number of hydrogen-bond donors (Lipinski definition) is 1. The van der Waals surface area contributed by atoms with Gasteiger partial charge < -0.3 is 9.88 Å². The van der Waals surface area contributed by atoms with Crippen LogP contribution in [0.25, 0.3) is 0 Å². The van der Waals surface area contributed by atoms with E-state index in [0.717, 1.165) is 24.4 Å². The molecular formula is C15H20N4O. The number of nitrogens with zero attached hydrogens (tertiary/aromatic N) is 3. The van der Waals surface area contributed by atoms with Crippen molar-refractivity contribution in [3.05, 3.63) is 48.3 Å². The molecule has 0 aromatic carbocycles. The third kappa shape index (κ3) is 3.66. The van der Waals surface area contributed by atoms with Gasteiger partial charge in [-0.1, -0.05) is 6.07 Å². The average Bonchev–Trinajstić information content (AvgIpc) is 2.90. The van der Waals surface area contributed by atoms with E-state index in [4.69, 9.17) is 0 Å². The number of carbonyl (C=O) groups is 1. The van der Waals surface area contributed by atoms with E-state index in [0.29, 0.717) is 6.54 Å². The van der Waals surface area contributed by atoms with Gasteiger partial charge >= 0.3 is 0 Å². The zero-order valence-corrected chi connectivity index (χ0v) is 11.9. The summed E-state index contributed by atoms with van der Waals surface area (Å²) in [6, 6.07) is 5.65. The summed E-state index contributed by atoms with van der Waals surface area (Å²) in [5.74, 6) is 0.869. The number of imidazole rings is 1. The fourth-order valence-corrected chi connectivity index (χ4v) is 2.10. The summed E-state index contributed by atoms with van der Waals surface area (Å²) in [7, 11) is 0. The highest BCUT2D eigenvalue weighted by Crippen LogP contribution is 2.08. The second-order valence-corrected chi connectivity index (χ2v) is 4.77. The SMILES string of the molecule is Cc1nccn1[C@H](C)C(=O)NCCCc1ccccn1. The van der Waals surface area contributed by atoms with Crippen LogP contribution in [0, 0.1) is 6.92 Å². The maximum absolute atomic E-state index is 12.0. The van der Waals surface area contributed by atoms with Crippen LogP contribution in [0.5, 0.6) is 0 Å². The molecule has 2 heterocycles. The van der Waals surface area contributed by atoms with E-state index in [-0.39, 0.29) is 11.9 Å². The predicted molar refractivity (Wildman–Crippen MR) is 77.2 cm³/mol. The maximum atomic E-state index is 12.0. The standard InChI is InChI=1S/C15H20N4O/c1-12(19-11-10-16-13(19)2)15(20)18-9-5-7-14-6-3-4-8-17-14/h3-4,6,8,10-12H,5,7,9H2,1-2H3,(H,18,20)/t12-/m1/s1. The predicted octanol–water partition coefficient (Wildman–Crippen LogP) is 1.90. The van der Waals surface area contributed by atoms with Gasteiger partial charge in [-0.3, -0.25) is 9.78 Å². The van der Waals surface area contributed by atoms with Crippen LogP contribution in [0.2, 0.25) is 0 Å². The Hall–Kier alpha value is -2.17. The van der Waals surface area contributed by atoms with Gasteiger partial charge in [-0.25, -0.2) is 4.98 Å². The Bertz CT molecular complexity index is 550. The minimum atomic E-state index is -0.229. The molecule has 0 spiro atoms. The Balaban J connectivity index is 1.74. The third-order valence-electron chi connectivity index (χ3n) is 3.29. The molecule has 0 radical (unpaired) electrons. The quantitative estimate of drug-likeness (QED) is 0.817. The van der Waals surface area contributed by atoms with Gasteiger partial charge in [-0.2, -0.15) is 0 Å². The van der Waals surface area contributed by atoms with Crippen LogP contribution >= 0.6 is 0 Å². The van der Waals surface area contributed by atoms with Crippen LogP contribution in [0.4, 0.5) is 0 Å². The highest BCUT2D eigenvalue weighted by atomic mass is 16.2. The van der Waals surface area contributed by atoms with Crippen LogP contribution < -0.4 is 5.32 Å². The fourth-order valence-electron chi connectivity index (χ4n) is 2.10. The van der Waals surface area contributed by atoms with Gasteiger partial charge in [0, 0.05) is 30.8 Å². The molecule has 0 fully saturated rings. The molecule has 2 aromatic heterocycles. The lowest BCUT2D eigenvalue weighted by Crippen LogP contribution is -2.32. The molecule has 1 amide bonds. The molecule has 0 aliphatic rings. The van der Waals surface area contributed by atoms with Crippen molar-refractivity contribution in [1.82, 2.24) is 19.9 Å². The lowest BCUT2D eigenvalue weighted by molar-refractivity contribution is -0.123. The van der Waals surface area contributed by atoms with Gasteiger partial charge in [0.05, 0.1) is 0 Å². The van der Waals surface area contributed by atoms with Gasteiger partial charge in [0.15, 0.2) is 0 Å². The Kier molecular flexibility index (Phi) is 4.87. The highest BCUT2D eigenvalue weighted by molar-refractivity contribution is 5.79. The summed E-state index contributed by atoms with van der Waals surface area (Å²) in [5.41, 5.74) is 1.06. The van der Waals surface area contributed by atoms with Gasteiger partial charge in [-0.05, 0) is 38.8 Å². The molecule has 0 aliphatic carbocycles. The fraction of sp³-hybridized carbons (Fsp3) is 0.400. The summed E-state index contributed by atoms with van der Waals surface area (Å²) in [5, 5.41) is 2.95. The molecule has 5 heteroatoms. The van der Waals surface area contributed by atoms with Gasteiger partial charge in [0.1, 0.15) is 11.9 Å². The average molecular weight is 272 g/mol. The smallest absolute Gasteiger partial charge is 0.242 e. The molecule has 0 unspecified atom stereocenters. The summed E-state index contributed by atoms with van der Waals surface area (Å²) >= 11 is 0. The van der Waals surface area contributed by atoms with E-state index < -0.39 is 0 Å². The molecule has 1 N–H and O–H groups in total. The van der Waals surface area contributed by atoms with Gasteiger partial charge in [0.2, 0.25) is 5.91 Å². The maximum Gasteiger partial charge on any atom is 0.242 e. The second kappa shape index (κ2) is 6.84. The van der Waals surface area contributed by atoms with Crippen LogP contribution in [0.15, 0.2) is 36.8 Å². The monoisotopic (exact) mass is 272 g/mol. The third-order valence-corrected chi connectivity index (χ3v) is 3.29. The molecule has 2 aromatic rings. The molecule has 0 bridgehead atoms. The van der Waals surface area contributed by atoms with E-state index >= 15 is 0 Å². The lowest BCUT2D eigenvalue weighted by atomic mass is 10.2. The molecule has 2 rings (SSSR count). The molecule has 106 valence electrons. The Labute approximate surface area is 119 Å². The number of amides is 1. The summed E-state index contributed by atoms with van der Waals surface area (Å²) in [4.78, 5) is 20.4. The molecule has 0 aliphatic heterocycles. The number of hydrogen-bond acceptors (Lipinski definition) is 3. The zero-order chi connectivity index (χ0) is 14.4. The number of nitrogens with one attached hydrogen (secondary N) is 1. The molecule has 1 atom stereocenters. The normalized spacial score (nSPS) is 12.1. The minimum absolute atomic E-state index is 0.0205. The zero-order valence-electron chi connectivity index (χ0n) is 11.9. The molecule has 20 heavy (non-hydrogen) atoms. The number of rotatable bonds is 6. The Morgan fingerprint density at radius 3 is 2.85 bits per heavy atom. The molecule has 5 nitrogen and oxygen atoms in total. The van der Waals surface area contributed by atoms with E-state index in [2.05, 4.69) is 15.3 Å². The van der Waals surface area contributed by atoms with Crippen molar-refractivity contribution in [2.75, 3.05) is 6.54 Å². The van der Waals surface area contributed by atoms with Crippen LogP contribution in [-0.2, 0) is 11.2 Å². The summed E-state index contributed by atoms with van der Waals surface area (Å²) in [6.07, 6.45) is 7.09. The lowest BCUT2D eigenvalue weighted by Gasteiger charge is -2.14. The van der Waals surface area contributed by atoms with Crippen molar-refractivity contribution in [1.29, 1.82) is 0 Å². The van der Waals surface area contributed by atoms with Crippen molar-refractivity contribution < 1.29 is 4.79 Å². The van der Waals surface area contributed by atoms with Crippen molar-refractivity contribution in [2.24, 2.45) is 0 Å². The Morgan fingerprint density at radius 1 is 1.35 bits per heavy atom. The van der Waals surface area contributed by atoms with Crippen LogP contribution in [0.1, 0.15) is 30.9 Å². The topological polar surface area (TPSA) is 59.8 Å². The number of pyridine rings is 1. The summed E-state index contributed by atoms with van der Waals surface area (Å²) in [6.45, 7) is 4.43. The highest BCUT2D eigenvalue weighted by Gasteiger charge is 2.15. The number of aromatic nitrogens is 3. The van der Waals surface area contributed by atoms with Crippen molar-refractivity contribution in [3.8, 4) is 0 Å². The second-order valence-electron chi connectivity index (χ2n) is 4.77. The van der Waals surface area contributed by atoms with Crippen LogP contribution in [-0.4, -0.2) is 27.0 Å². The molecule has 0 saturated heterocycles. The van der Waals surface area contributed by atoms with E-state index in [1.165, 1.54) is 0 Å². The Morgan fingerprint density at radius 2 is 2.20 bits per heavy atom. The first kappa shape index (κ1) is 14.2. The first-order valence-electron chi connectivity index (χ1n) is 6.85. The largest absolute Gasteiger partial charge is 0.354 e. The van der Waals surface area contributed by atoms with Crippen molar-refractivity contribution in [3.63, 3.8) is 0 Å². The minimum Gasteiger partial charge on any atom is -0.354 e. The van der Waals surface area contributed by atoms with Gasteiger partial charge in [-0.15, -0.1) is 0 Å². The molecular weight excluding hydrogens is 252 g/mol. The van der Waals surface area contributed by atoms with Crippen LogP contribution in [0.3, 0.4) is 0 Å². The number of carbonyl (C=O) groups excluding carboxylic acids is 1. The molecule has 0 saturated carbocycles. The van der Waals surface area contributed by atoms with Crippen molar-refractivity contribution >= 4 is 5.91 Å². The van der Waals surface area contributed by atoms with E-state index in [1.54, 1.807) is 12.4 Å². The first-order chi connectivity index (χ1) is 9.68. The van der Waals surface area contributed by atoms with Crippen molar-refractivity contribution in [2.45, 2.75) is 32.7 Å². The number of aryl methyl sites for hydroxylation is 2. The first-order valence-corrected chi connectivity index (χ1v) is 6.85. The van der Waals surface area contributed by atoms with E-state index in [9.17, 15) is 4.79 Å². The summed E-state index contributed by atoms with van der Waals surface area (Å²) < 4.78 is 1.87.